The lowest BCUT2D eigenvalue weighted by Gasteiger charge is -2.39. The molecule has 1 aliphatic carbocycles. The van der Waals surface area contributed by atoms with E-state index in [0.29, 0.717) is 18.0 Å². The van der Waals surface area contributed by atoms with Gasteiger partial charge in [0.05, 0.1) is 6.42 Å². The van der Waals surface area contributed by atoms with Gasteiger partial charge in [0.2, 0.25) is 5.91 Å². The summed E-state index contributed by atoms with van der Waals surface area (Å²) >= 11 is 0. The Bertz CT molecular complexity index is 1150. The van der Waals surface area contributed by atoms with Crippen LogP contribution in [0.3, 0.4) is 0 Å². The van der Waals surface area contributed by atoms with Crippen LogP contribution in [0.25, 0.3) is 0 Å². The number of carboxylic acids is 1. The molecule has 1 aromatic carbocycles. The molecule has 2 aromatic rings. The topological polar surface area (TPSA) is 118 Å². The quantitative estimate of drug-likeness (QED) is 0.335. The fraction of sp³-hybridized carbons (Fsp3) is 0.517. The zero-order chi connectivity index (χ0) is 29.5. The van der Waals surface area contributed by atoms with Gasteiger partial charge in [0.25, 0.3) is 5.91 Å². The van der Waals surface area contributed by atoms with Crippen LogP contribution in [-0.4, -0.2) is 40.8 Å². The zero-order valence-electron chi connectivity index (χ0n) is 22.9. The van der Waals surface area contributed by atoms with Gasteiger partial charge in [-0.3, -0.25) is 19.4 Å². The molecule has 8 nitrogen and oxygen atoms in total. The Morgan fingerprint density at radius 3 is 2.20 bits per heavy atom. The van der Waals surface area contributed by atoms with Crippen molar-refractivity contribution < 1.29 is 37.4 Å². The average Bonchev–Trinajstić information content (AvgIpc) is 2.87. The minimum absolute atomic E-state index is 0.0135. The molecule has 1 aromatic heterocycles. The molecular formula is C29H36F3N3O5. The van der Waals surface area contributed by atoms with Crippen LogP contribution in [0, 0.1) is 23.2 Å². The highest BCUT2D eigenvalue weighted by atomic mass is 19.4. The lowest BCUT2D eigenvalue weighted by atomic mass is 9.66. The number of nitrogens with one attached hydrogen (secondary N) is 2. The number of hydrogen-bond donors (Lipinski definition) is 3. The Labute approximate surface area is 231 Å². The molecule has 1 heterocycles. The lowest BCUT2D eigenvalue weighted by molar-refractivity contribution is -0.274. The molecule has 0 saturated heterocycles. The lowest BCUT2D eigenvalue weighted by Crippen LogP contribution is -2.35. The van der Waals surface area contributed by atoms with E-state index in [1.54, 1.807) is 6.07 Å². The van der Waals surface area contributed by atoms with Crippen LogP contribution in [0.1, 0.15) is 68.9 Å². The van der Waals surface area contributed by atoms with Crippen molar-refractivity contribution in [3.63, 3.8) is 0 Å². The number of aromatic nitrogens is 1. The number of anilines is 1. The first-order valence-corrected chi connectivity index (χ1v) is 13.3. The summed E-state index contributed by atoms with van der Waals surface area (Å²) in [7, 11) is 0. The second-order valence-electron chi connectivity index (χ2n) is 11.3. The molecule has 1 saturated carbocycles. The predicted molar refractivity (Wildman–Crippen MR) is 143 cm³/mol. The number of pyridine rings is 1. The van der Waals surface area contributed by atoms with E-state index in [0.717, 1.165) is 43.4 Å². The van der Waals surface area contributed by atoms with Gasteiger partial charge in [-0.25, -0.2) is 0 Å². The Balaban J connectivity index is 1.72. The number of halogens is 3. The smallest absolute Gasteiger partial charge is 0.481 e. The predicted octanol–water partition coefficient (Wildman–Crippen LogP) is 5.83. The van der Waals surface area contributed by atoms with Crippen molar-refractivity contribution >= 4 is 23.5 Å². The highest BCUT2D eigenvalue weighted by Gasteiger charge is 2.36. The maximum atomic E-state index is 13.5. The second-order valence-corrected chi connectivity index (χ2v) is 11.3. The first kappa shape index (κ1) is 30.9. The molecule has 1 aliphatic rings. The van der Waals surface area contributed by atoms with Crippen LogP contribution >= 0.6 is 0 Å². The zero-order valence-corrected chi connectivity index (χ0v) is 22.9. The van der Waals surface area contributed by atoms with Crippen LogP contribution in [0.4, 0.5) is 18.9 Å². The van der Waals surface area contributed by atoms with Crippen LogP contribution in [0.5, 0.6) is 5.75 Å². The van der Waals surface area contributed by atoms with Gasteiger partial charge >= 0.3 is 12.3 Å². The highest BCUT2D eigenvalue weighted by molar-refractivity contribution is 5.93. The van der Waals surface area contributed by atoms with Gasteiger partial charge in [0, 0.05) is 24.3 Å². The van der Waals surface area contributed by atoms with Gasteiger partial charge in [-0.05, 0) is 85.3 Å². The molecule has 0 spiro atoms. The van der Waals surface area contributed by atoms with Gasteiger partial charge in [-0.2, -0.15) is 0 Å². The molecule has 2 amide bonds. The van der Waals surface area contributed by atoms with E-state index in [9.17, 15) is 27.6 Å². The van der Waals surface area contributed by atoms with Gasteiger partial charge in [-0.15, -0.1) is 13.2 Å². The molecule has 0 aliphatic heterocycles. The molecule has 3 rings (SSSR count). The van der Waals surface area contributed by atoms with E-state index in [4.69, 9.17) is 5.11 Å². The Kier molecular flexibility index (Phi) is 10.2. The molecular weight excluding hydrogens is 527 g/mol. The third kappa shape index (κ3) is 9.53. The summed E-state index contributed by atoms with van der Waals surface area (Å²) in [6.07, 6.45) is 0.646. The molecule has 1 atom stereocenters. The number of carbonyl (C=O) groups is 3. The van der Waals surface area contributed by atoms with E-state index in [1.807, 2.05) is 0 Å². The highest BCUT2D eigenvalue weighted by Crippen LogP contribution is 2.42. The standard InChI is InChI=1S/C29H36F3N3O5/c1-28(2,3)20-7-5-19(6-8-20)23(26(38)35-21-9-11-22(12-10-21)40-29(30,31)32)16-18-4-13-24(34-17-18)27(39)33-15-14-25(36)37/h4,9-13,17,19-20,23H,5-8,14-16H2,1-3H3,(H,33,39)(H,35,38)(H,36,37). The number of aliphatic carboxylic acids is 1. The number of nitrogens with zero attached hydrogens (tertiary/aromatic N) is 1. The number of carboxylic acid groups (broad SMARTS) is 1. The van der Waals surface area contributed by atoms with Gasteiger partial charge in [0.15, 0.2) is 0 Å². The minimum Gasteiger partial charge on any atom is -0.481 e. The summed E-state index contributed by atoms with van der Waals surface area (Å²) in [6, 6.07) is 8.30. The number of carbonyl (C=O) groups excluding carboxylic acids is 2. The first-order valence-electron chi connectivity index (χ1n) is 13.3. The van der Waals surface area contributed by atoms with Crippen LogP contribution in [-0.2, 0) is 16.0 Å². The first-order chi connectivity index (χ1) is 18.7. The van der Waals surface area contributed by atoms with Crippen LogP contribution in [0.2, 0.25) is 0 Å². The summed E-state index contributed by atoms with van der Waals surface area (Å²) in [4.78, 5) is 40.6. The third-order valence-corrected chi connectivity index (χ3v) is 7.40. The minimum atomic E-state index is -4.80. The number of ether oxygens (including phenoxy) is 1. The molecule has 1 unspecified atom stereocenters. The van der Waals surface area contributed by atoms with Gasteiger partial charge in [0.1, 0.15) is 11.4 Å². The van der Waals surface area contributed by atoms with Crippen molar-refractivity contribution in [2.45, 2.75) is 65.7 Å². The monoisotopic (exact) mass is 563 g/mol. The van der Waals surface area contributed by atoms with E-state index in [2.05, 4.69) is 41.1 Å². The van der Waals surface area contributed by atoms with E-state index >= 15 is 0 Å². The molecule has 1 fully saturated rings. The molecule has 218 valence electrons. The molecule has 0 radical (unpaired) electrons. The molecule has 40 heavy (non-hydrogen) atoms. The van der Waals surface area contributed by atoms with Crippen LogP contribution in [0.15, 0.2) is 42.6 Å². The van der Waals surface area contributed by atoms with Gasteiger partial charge in [-0.1, -0.05) is 26.8 Å². The van der Waals surface area contributed by atoms with Crippen molar-refractivity contribution in [3.8, 4) is 5.75 Å². The summed E-state index contributed by atoms with van der Waals surface area (Å²) in [5.41, 5.74) is 1.43. The second kappa shape index (κ2) is 13.1. The normalized spacial score (nSPS) is 18.4. The van der Waals surface area contributed by atoms with Crippen molar-refractivity contribution in [1.29, 1.82) is 0 Å². The van der Waals surface area contributed by atoms with E-state index in [1.165, 1.54) is 24.4 Å². The van der Waals surface area contributed by atoms with Crippen molar-refractivity contribution in [3.05, 3.63) is 53.9 Å². The molecule has 3 N–H and O–H groups in total. The average molecular weight is 564 g/mol. The summed E-state index contributed by atoms with van der Waals surface area (Å²) in [5.74, 6) is -1.88. The van der Waals surface area contributed by atoms with E-state index < -0.39 is 24.2 Å². The molecule has 0 bridgehead atoms. The number of hydrogen-bond acceptors (Lipinski definition) is 5. The van der Waals surface area contributed by atoms with Crippen LogP contribution < -0.4 is 15.4 Å². The maximum Gasteiger partial charge on any atom is 0.573 e. The van der Waals surface area contributed by atoms with Crippen molar-refractivity contribution in [2.75, 3.05) is 11.9 Å². The number of amides is 2. The summed E-state index contributed by atoms with van der Waals surface area (Å²) in [6.45, 7) is 6.65. The fourth-order valence-electron chi connectivity index (χ4n) is 5.14. The Morgan fingerprint density at radius 2 is 1.68 bits per heavy atom. The van der Waals surface area contributed by atoms with E-state index in [-0.39, 0.29) is 41.6 Å². The third-order valence-electron chi connectivity index (χ3n) is 7.40. The van der Waals surface area contributed by atoms with Crippen molar-refractivity contribution in [2.24, 2.45) is 23.2 Å². The SMILES string of the molecule is CC(C)(C)C1CCC(C(Cc2ccc(C(=O)NCCC(=O)O)nc2)C(=O)Nc2ccc(OC(F)(F)F)cc2)CC1. The Morgan fingerprint density at radius 1 is 1.02 bits per heavy atom. The number of rotatable bonds is 10. The fourth-order valence-corrected chi connectivity index (χ4v) is 5.14. The largest absolute Gasteiger partial charge is 0.573 e. The molecule has 11 heteroatoms. The van der Waals surface area contributed by atoms with Gasteiger partial charge < -0.3 is 20.5 Å². The van der Waals surface area contributed by atoms with Crippen molar-refractivity contribution in [1.82, 2.24) is 10.3 Å². The Hall–Kier alpha value is -3.63. The summed E-state index contributed by atoms with van der Waals surface area (Å²) in [5, 5.41) is 14.1. The number of alkyl halides is 3. The number of benzene rings is 1. The maximum absolute atomic E-state index is 13.5. The summed E-state index contributed by atoms with van der Waals surface area (Å²) < 4.78 is 41.4.